The predicted octanol–water partition coefficient (Wildman–Crippen LogP) is 2.46. The summed E-state index contributed by atoms with van der Waals surface area (Å²) in [5.74, 6) is 1.50. The van der Waals surface area contributed by atoms with Crippen molar-refractivity contribution < 1.29 is 4.79 Å². The third-order valence-electron chi connectivity index (χ3n) is 4.58. The fraction of sp³-hybridized carbons (Fsp3) is 0.933. The maximum atomic E-state index is 12.1. The first-order valence-corrected chi connectivity index (χ1v) is 7.76. The standard InChI is InChI=1S/C15H28N2O/c1-12-11-16-9-8-14(12)17-15(18)10-13-6-4-2-3-5-7-13/h12-14,16H,2-11H2,1H3,(H,17,18). The smallest absolute Gasteiger partial charge is 0.220 e. The molecule has 2 rings (SSSR count). The van der Waals surface area contributed by atoms with Crippen LogP contribution in [0.1, 0.15) is 58.3 Å². The van der Waals surface area contributed by atoms with Gasteiger partial charge < -0.3 is 10.6 Å². The number of nitrogens with one attached hydrogen (secondary N) is 2. The van der Waals surface area contributed by atoms with Crippen molar-refractivity contribution in [2.45, 2.75) is 64.3 Å². The van der Waals surface area contributed by atoms with Gasteiger partial charge in [0.2, 0.25) is 5.91 Å². The fourth-order valence-electron chi connectivity index (χ4n) is 3.32. The zero-order valence-corrected chi connectivity index (χ0v) is 11.7. The first-order valence-electron chi connectivity index (χ1n) is 7.76. The van der Waals surface area contributed by atoms with Crippen LogP contribution in [0.3, 0.4) is 0 Å². The lowest BCUT2D eigenvalue weighted by atomic mass is 9.93. The molecule has 2 atom stereocenters. The van der Waals surface area contributed by atoms with Gasteiger partial charge in [0, 0.05) is 12.5 Å². The quantitative estimate of drug-likeness (QED) is 0.758. The largest absolute Gasteiger partial charge is 0.353 e. The van der Waals surface area contributed by atoms with Crippen LogP contribution >= 0.6 is 0 Å². The maximum absolute atomic E-state index is 12.1. The SMILES string of the molecule is CC1CNCCC1NC(=O)CC1CCCCCC1. The molecule has 0 bridgehead atoms. The lowest BCUT2D eigenvalue weighted by molar-refractivity contribution is -0.123. The van der Waals surface area contributed by atoms with Crippen LogP contribution in [0.2, 0.25) is 0 Å². The van der Waals surface area contributed by atoms with E-state index in [0.29, 0.717) is 23.8 Å². The molecule has 3 nitrogen and oxygen atoms in total. The van der Waals surface area contributed by atoms with Gasteiger partial charge in [-0.3, -0.25) is 4.79 Å². The molecule has 1 saturated carbocycles. The molecule has 1 amide bonds. The van der Waals surface area contributed by atoms with Crippen LogP contribution in [0.4, 0.5) is 0 Å². The molecule has 104 valence electrons. The van der Waals surface area contributed by atoms with E-state index in [1.54, 1.807) is 0 Å². The Morgan fingerprint density at radius 3 is 2.56 bits per heavy atom. The zero-order chi connectivity index (χ0) is 12.8. The second-order valence-corrected chi connectivity index (χ2v) is 6.21. The Hall–Kier alpha value is -0.570. The lowest BCUT2D eigenvalue weighted by Crippen LogP contribution is -2.48. The van der Waals surface area contributed by atoms with Crippen molar-refractivity contribution in [1.82, 2.24) is 10.6 Å². The van der Waals surface area contributed by atoms with E-state index in [0.717, 1.165) is 25.9 Å². The molecule has 1 heterocycles. The van der Waals surface area contributed by atoms with Crippen molar-refractivity contribution >= 4 is 5.91 Å². The monoisotopic (exact) mass is 252 g/mol. The van der Waals surface area contributed by atoms with Gasteiger partial charge in [0.05, 0.1) is 0 Å². The van der Waals surface area contributed by atoms with Crippen LogP contribution in [0, 0.1) is 11.8 Å². The Labute approximate surface area is 111 Å². The van der Waals surface area contributed by atoms with Gasteiger partial charge >= 0.3 is 0 Å². The van der Waals surface area contributed by atoms with Crippen LogP contribution in [0.5, 0.6) is 0 Å². The van der Waals surface area contributed by atoms with Gasteiger partial charge in [-0.05, 0) is 44.2 Å². The van der Waals surface area contributed by atoms with E-state index in [1.807, 2.05) is 0 Å². The average molecular weight is 252 g/mol. The van der Waals surface area contributed by atoms with Gasteiger partial charge in [-0.15, -0.1) is 0 Å². The molecule has 3 heteroatoms. The highest BCUT2D eigenvalue weighted by molar-refractivity contribution is 5.76. The summed E-state index contributed by atoms with van der Waals surface area (Å²) in [5.41, 5.74) is 0. The first-order chi connectivity index (χ1) is 8.75. The molecular weight excluding hydrogens is 224 g/mol. The van der Waals surface area contributed by atoms with Crippen LogP contribution < -0.4 is 10.6 Å². The number of carbonyl (C=O) groups is 1. The van der Waals surface area contributed by atoms with Crippen LogP contribution in [-0.4, -0.2) is 25.0 Å². The molecular formula is C15H28N2O. The van der Waals surface area contributed by atoms with E-state index < -0.39 is 0 Å². The van der Waals surface area contributed by atoms with Gasteiger partial charge in [0.15, 0.2) is 0 Å². The van der Waals surface area contributed by atoms with Gasteiger partial charge in [0.25, 0.3) is 0 Å². The summed E-state index contributed by atoms with van der Waals surface area (Å²) >= 11 is 0. The number of rotatable bonds is 3. The molecule has 1 aliphatic carbocycles. The summed E-state index contributed by atoms with van der Waals surface area (Å²) in [5, 5.41) is 6.63. The van der Waals surface area contributed by atoms with Crippen LogP contribution in [0.15, 0.2) is 0 Å². The van der Waals surface area contributed by atoms with Gasteiger partial charge in [-0.25, -0.2) is 0 Å². The fourth-order valence-corrected chi connectivity index (χ4v) is 3.32. The highest BCUT2D eigenvalue weighted by Gasteiger charge is 2.24. The van der Waals surface area contributed by atoms with Crippen LogP contribution in [0.25, 0.3) is 0 Å². The van der Waals surface area contributed by atoms with Crippen molar-refractivity contribution in [3.05, 3.63) is 0 Å². The Kier molecular flexibility index (Phi) is 5.48. The van der Waals surface area contributed by atoms with Gasteiger partial charge in [-0.2, -0.15) is 0 Å². The minimum atomic E-state index is 0.292. The van der Waals surface area contributed by atoms with Crippen molar-refractivity contribution in [3.8, 4) is 0 Å². The van der Waals surface area contributed by atoms with Gasteiger partial charge in [0.1, 0.15) is 0 Å². The molecule has 2 aliphatic rings. The number of hydrogen-bond donors (Lipinski definition) is 2. The topological polar surface area (TPSA) is 41.1 Å². The molecule has 1 aliphatic heterocycles. The Balaban J connectivity index is 1.73. The number of hydrogen-bond acceptors (Lipinski definition) is 2. The second-order valence-electron chi connectivity index (χ2n) is 6.21. The molecule has 0 spiro atoms. The van der Waals surface area contributed by atoms with E-state index in [2.05, 4.69) is 17.6 Å². The molecule has 2 N–H and O–H groups in total. The van der Waals surface area contributed by atoms with Gasteiger partial charge in [-0.1, -0.05) is 32.6 Å². The Morgan fingerprint density at radius 1 is 1.17 bits per heavy atom. The number of amides is 1. The minimum absolute atomic E-state index is 0.292. The third kappa shape index (κ3) is 4.27. The molecule has 1 saturated heterocycles. The summed E-state index contributed by atoms with van der Waals surface area (Å²) in [6.45, 7) is 4.30. The molecule has 2 unspecified atom stereocenters. The third-order valence-corrected chi connectivity index (χ3v) is 4.58. The molecule has 0 aromatic carbocycles. The second kappa shape index (κ2) is 7.13. The minimum Gasteiger partial charge on any atom is -0.353 e. The van der Waals surface area contributed by atoms with E-state index in [4.69, 9.17) is 0 Å². The summed E-state index contributed by atoms with van der Waals surface area (Å²) in [6, 6.07) is 0.393. The number of carbonyl (C=O) groups excluding carboxylic acids is 1. The molecule has 18 heavy (non-hydrogen) atoms. The Bertz CT molecular complexity index is 259. The highest BCUT2D eigenvalue weighted by Crippen LogP contribution is 2.25. The van der Waals surface area contributed by atoms with Crippen molar-refractivity contribution in [2.24, 2.45) is 11.8 Å². The zero-order valence-electron chi connectivity index (χ0n) is 11.7. The van der Waals surface area contributed by atoms with Crippen LogP contribution in [-0.2, 0) is 4.79 Å². The maximum Gasteiger partial charge on any atom is 0.220 e. The summed E-state index contributed by atoms with van der Waals surface area (Å²) in [6.07, 6.45) is 9.73. The predicted molar refractivity (Wildman–Crippen MR) is 74.4 cm³/mol. The summed E-state index contributed by atoms with van der Waals surface area (Å²) in [7, 11) is 0. The molecule has 2 fully saturated rings. The Morgan fingerprint density at radius 2 is 1.89 bits per heavy atom. The van der Waals surface area contributed by atoms with Crippen molar-refractivity contribution in [2.75, 3.05) is 13.1 Å². The first kappa shape index (κ1) is 13.9. The van der Waals surface area contributed by atoms with Crippen molar-refractivity contribution in [3.63, 3.8) is 0 Å². The molecule has 0 aromatic rings. The molecule has 0 radical (unpaired) electrons. The van der Waals surface area contributed by atoms with E-state index >= 15 is 0 Å². The average Bonchev–Trinajstić information content (AvgIpc) is 2.61. The molecule has 0 aromatic heterocycles. The van der Waals surface area contributed by atoms with E-state index in [1.165, 1.54) is 38.5 Å². The summed E-state index contributed by atoms with van der Waals surface area (Å²) in [4.78, 5) is 12.1. The van der Waals surface area contributed by atoms with Crippen molar-refractivity contribution in [1.29, 1.82) is 0 Å². The van der Waals surface area contributed by atoms with E-state index in [-0.39, 0.29) is 0 Å². The highest BCUT2D eigenvalue weighted by atomic mass is 16.1. The summed E-state index contributed by atoms with van der Waals surface area (Å²) < 4.78 is 0. The number of piperidine rings is 1. The normalized spacial score (nSPS) is 30.7. The lowest BCUT2D eigenvalue weighted by Gasteiger charge is -2.30. The van der Waals surface area contributed by atoms with E-state index in [9.17, 15) is 4.79 Å².